The summed E-state index contributed by atoms with van der Waals surface area (Å²) in [5.41, 5.74) is 6.20. The van der Waals surface area contributed by atoms with E-state index in [9.17, 15) is 9.59 Å². The van der Waals surface area contributed by atoms with Crippen LogP contribution in [0.2, 0.25) is 0 Å². The van der Waals surface area contributed by atoms with Gasteiger partial charge in [0.2, 0.25) is 0 Å². The molecule has 130 valence electrons. The summed E-state index contributed by atoms with van der Waals surface area (Å²) in [5.74, 6) is -0.327. The minimum absolute atomic E-state index is 0.154. The van der Waals surface area contributed by atoms with Crippen LogP contribution in [0.4, 0.5) is 0 Å². The Morgan fingerprint density at radius 1 is 1.08 bits per heavy atom. The lowest BCUT2D eigenvalue weighted by atomic mass is 10.1. The van der Waals surface area contributed by atoms with Gasteiger partial charge in [-0.25, -0.2) is 4.98 Å². The van der Waals surface area contributed by atoms with E-state index in [1.165, 1.54) is 17.6 Å². The lowest BCUT2D eigenvalue weighted by Crippen LogP contribution is -2.41. The largest absolute Gasteiger partial charge is 0.462 e. The number of furan rings is 2. The van der Waals surface area contributed by atoms with Crippen LogP contribution in [0.5, 0.6) is 0 Å². The number of para-hydroxylation sites is 1. The molecule has 0 fully saturated rings. The van der Waals surface area contributed by atoms with E-state index in [1.54, 1.807) is 30.5 Å². The van der Waals surface area contributed by atoms with Crippen molar-refractivity contribution in [3.05, 3.63) is 65.1 Å². The Kier molecular flexibility index (Phi) is 4.02. The number of amides is 2. The zero-order valence-corrected chi connectivity index (χ0v) is 14.4. The molecule has 0 saturated heterocycles. The molecule has 0 spiro atoms. The van der Waals surface area contributed by atoms with Gasteiger partial charge in [0.05, 0.1) is 6.26 Å². The third kappa shape index (κ3) is 2.86. The first-order valence-corrected chi connectivity index (χ1v) is 8.59. The van der Waals surface area contributed by atoms with Crippen LogP contribution in [0, 0.1) is 6.92 Å². The van der Waals surface area contributed by atoms with Crippen molar-refractivity contribution in [2.24, 2.45) is 0 Å². The van der Waals surface area contributed by atoms with E-state index in [0.29, 0.717) is 21.9 Å². The number of hydrazine groups is 1. The number of fused-ring (bicyclic) bond motifs is 1. The summed E-state index contributed by atoms with van der Waals surface area (Å²) in [7, 11) is 0. The van der Waals surface area contributed by atoms with Crippen molar-refractivity contribution < 1.29 is 18.4 Å². The van der Waals surface area contributed by atoms with Gasteiger partial charge in [-0.2, -0.15) is 0 Å². The summed E-state index contributed by atoms with van der Waals surface area (Å²) < 4.78 is 10.8. The van der Waals surface area contributed by atoms with E-state index < -0.39 is 11.8 Å². The first-order chi connectivity index (χ1) is 12.6. The second-order valence-electron chi connectivity index (χ2n) is 5.48. The molecule has 0 saturated carbocycles. The van der Waals surface area contributed by atoms with Crippen LogP contribution in [0.3, 0.4) is 0 Å². The topological polar surface area (TPSA) is 97.4 Å². The maximum absolute atomic E-state index is 12.3. The zero-order chi connectivity index (χ0) is 18.1. The number of hydrogen-bond donors (Lipinski definition) is 2. The Hall–Kier alpha value is -3.39. The van der Waals surface area contributed by atoms with Crippen molar-refractivity contribution in [1.29, 1.82) is 0 Å². The number of carbonyl (C=O) groups excluding carboxylic acids is 2. The van der Waals surface area contributed by atoms with Gasteiger partial charge in [-0.1, -0.05) is 18.2 Å². The van der Waals surface area contributed by atoms with Crippen LogP contribution in [0.1, 0.15) is 26.6 Å². The normalized spacial score (nSPS) is 10.8. The van der Waals surface area contributed by atoms with Crippen LogP contribution in [-0.4, -0.2) is 16.8 Å². The number of nitrogens with one attached hydrogen (secondary N) is 2. The molecule has 2 N–H and O–H groups in total. The quantitative estimate of drug-likeness (QED) is 0.540. The average Bonchev–Trinajstić information content (AvgIpc) is 3.39. The third-order valence-electron chi connectivity index (χ3n) is 3.81. The van der Waals surface area contributed by atoms with E-state index >= 15 is 0 Å². The molecule has 0 unspecified atom stereocenters. The molecule has 0 aliphatic rings. The summed E-state index contributed by atoms with van der Waals surface area (Å²) in [5, 5.41) is 3.03. The summed E-state index contributed by atoms with van der Waals surface area (Å²) in [4.78, 5) is 28.7. The van der Waals surface area contributed by atoms with Gasteiger partial charge < -0.3 is 8.83 Å². The number of benzene rings is 1. The summed E-state index contributed by atoms with van der Waals surface area (Å²) in [6.45, 7) is 1.79. The zero-order valence-electron chi connectivity index (χ0n) is 13.6. The van der Waals surface area contributed by atoms with Crippen molar-refractivity contribution in [3.63, 3.8) is 0 Å². The number of aryl methyl sites for hydroxylation is 1. The van der Waals surface area contributed by atoms with Crippen LogP contribution in [0.15, 0.2) is 56.9 Å². The molecule has 3 heterocycles. The summed E-state index contributed by atoms with van der Waals surface area (Å²) in [6.07, 6.45) is 1.53. The first kappa shape index (κ1) is 16.1. The van der Waals surface area contributed by atoms with Crippen molar-refractivity contribution in [1.82, 2.24) is 15.8 Å². The molecule has 2 amide bonds. The Balaban J connectivity index is 1.45. The molecule has 3 aromatic heterocycles. The molecule has 4 aromatic rings. The highest BCUT2D eigenvalue weighted by Crippen LogP contribution is 2.25. The minimum atomic E-state index is -0.534. The van der Waals surface area contributed by atoms with Gasteiger partial charge in [-0.15, -0.1) is 11.3 Å². The standard InChI is InChI=1S/C18H13N3O4S/c1-10-11-5-2-3-6-13(11)25-15(10)17(23)21-20-16(22)12-9-26-18(19-12)14-7-4-8-24-14/h2-9H,1H3,(H,20,22)(H,21,23). The molecule has 8 heteroatoms. The smallest absolute Gasteiger partial charge is 0.305 e. The van der Waals surface area contributed by atoms with E-state index in [-0.39, 0.29) is 11.5 Å². The van der Waals surface area contributed by atoms with Gasteiger partial charge in [0, 0.05) is 16.3 Å². The molecule has 1 aromatic carbocycles. The van der Waals surface area contributed by atoms with E-state index in [0.717, 1.165) is 5.39 Å². The van der Waals surface area contributed by atoms with Gasteiger partial charge in [0.15, 0.2) is 16.5 Å². The maximum Gasteiger partial charge on any atom is 0.305 e. The number of nitrogens with zero attached hydrogens (tertiary/aromatic N) is 1. The predicted molar refractivity (Wildman–Crippen MR) is 95.7 cm³/mol. The Labute approximate surface area is 151 Å². The number of hydrogen-bond acceptors (Lipinski definition) is 6. The fourth-order valence-corrected chi connectivity index (χ4v) is 3.28. The molecule has 0 aliphatic carbocycles. The number of rotatable bonds is 3. The monoisotopic (exact) mass is 367 g/mol. The molecule has 26 heavy (non-hydrogen) atoms. The predicted octanol–water partition coefficient (Wildman–Crippen LogP) is 3.53. The molecular formula is C18H13N3O4S. The lowest BCUT2D eigenvalue weighted by Gasteiger charge is -2.04. The van der Waals surface area contributed by atoms with Crippen LogP contribution in [-0.2, 0) is 0 Å². The molecule has 0 aliphatic heterocycles. The fourth-order valence-electron chi connectivity index (χ4n) is 2.52. The number of aromatic nitrogens is 1. The van der Waals surface area contributed by atoms with Crippen molar-refractivity contribution in [2.45, 2.75) is 6.92 Å². The number of thiazole rings is 1. The summed E-state index contributed by atoms with van der Waals surface area (Å²) >= 11 is 1.27. The van der Waals surface area contributed by atoms with Gasteiger partial charge in [0.25, 0.3) is 5.91 Å². The molecule has 0 radical (unpaired) electrons. The van der Waals surface area contributed by atoms with E-state index in [4.69, 9.17) is 8.83 Å². The molecule has 0 atom stereocenters. The Morgan fingerprint density at radius 3 is 2.65 bits per heavy atom. The molecule has 4 rings (SSSR count). The van der Waals surface area contributed by atoms with Crippen molar-refractivity contribution in [3.8, 4) is 10.8 Å². The van der Waals surface area contributed by atoms with Crippen LogP contribution < -0.4 is 10.9 Å². The second-order valence-corrected chi connectivity index (χ2v) is 6.33. The highest BCUT2D eigenvalue weighted by Gasteiger charge is 2.19. The van der Waals surface area contributed by atoms with E-state index in [2.05, 4.69) is 15.8 Å². The van der Waals surface area contributed by atoms with Crippen molar-refractivity contribution in [2.75, 3.05) is 0 Å². The molecular weight excluding hydrogens is 354 g/mol. The maximum atomic E-state index is 12.3. The lowest BCUT2D eigenvalue weighted by molar-refractivity contribution is 0.0829. The third-order valence-corrected chi connectivity index (χ3v) is 4.67. The highest BCUT2D eigenvalue weighted by molar-refractivity contribution is 7.13. The summed E-state index contributed by atoms with van der Waals surface area (Å²) in [6, 6.07) is 10.8. The van der Waals surface area contributed by atoms with Gasteiger partial charge in [-0.3, -0.25) is 20.4 Å². The Bertz CT molecular complexity index is 1100. The van der Waals surface area contributed by atoms with Gasteiger partial charge >= 0.3 is 5.91 Å². The van der Waals surface area contributed by atoms with Gasteiger partial charge in [-0.05, 0) is 25.1 Å². The highest BCUT2D eigenvalue weighted by atomic mass is 32.1. The van der Waals surface area contributed by atoms with E-state index in [1.807, 2.05) is 18.2 Å². The van der Waals surface area contributed by atoms with Crippen LogP contribution in [0.25, 0.3) is 21.7 Å². The van der Waals surface area contributed by atoms with Crippen LogP contribution >= 0.6 is 11.3 Å². The minimum Gasteiger partial charge on any atom is -0.462 e. The second kappa shape index (κ2) is 6.49. The molecule has 7 nitrogen and oxygen atoms in total. The van der Waals surface area contributed by atoms with Crippen molar-refractivity contribution >= 4 is 34.1 Å². The molecule has 0 bridgehead atoms. The Morgan fingerprint density at radius 2 is 1.88 bits per heavy atom. The first-order valence-electron chi connectivity index (χ1n) is 7.71. The average molecular weight is 367 g/mol. The number of carbonyl (C=O) groups is 2. The van der Waals surface area contributed by atoms with Gasteiger partial charge in [0.1, 0.15) is 11.3 Å². The fraction of sp³-hybridized carbons (Fsp3) is 0.0556. The SMILES string of the molecule is Cc1c(C(=O)NNC(=O)c2csc(-c3ccco3)n2)oc2ccccc12.